The second kappa shape index (κ2) is 6.34. The quantitative estimate of drug-likeness (QED) is 0.819. The summed E-state index contributed by atoms with van der Waals surface area (Å²) in [5.74, 6) is 0.422. The molecule has 2 aromatic rings. The summed E-state index contributed by atoms with van der Waals surface area (Å²) >= 11 is 0. The van der Waals surface area contributed by atoms with Crippen molar-refractivity contribution < 1.29 is 13.2 Å². The van der Waals surface area contributed by atoms with Crippen molar-refractivity contribution >= 4 is 20.7 Å². The number of para-hydroxylation sites is 1. The molecular formula is C19H24N2O3S. The number of hydrogen-bond donors (Lipinski definition) is 0. The highest BCUT2D eigenvalue weighted by Crippen LogP contribution is 2.45. The third-order valence-electron chi connectivity index (χ3n) is 5.65. The maximum absolute atomic E-state index is 12.6. The standard InChI is InChI=1S/C19H24N2O3S/c1-2-24-12-16-9-10-25(22,23)19(16)13-21(14-19)11-17-8-7-15-5-3-4-6-18(15)20-17/h3-8,16H,2,9-14H2,1H3/t16-/m0/s1. The molecule has 0 saturated carbocycles. The third-order valence-corrected chi connectivity index (χ3v) is 8.25. The highest BCUT2D eigenvalue weighted by atomic mass is 32.2. The molecule has 0 N–H and O–H groups in total. The average Bonchev–Trinajstić information content (AvgIpc) is 2.84. The minimum absolute atomic E-state index is 0.123. The van der Waals surface area contributed by atoms with Crippen LogP contribution >= 0.6 is 0 Å². The third kappa shape index (κ3) is 2.86. The van der Waals surface area contributed by atoms with E-state index in [1.807, 2.05) is 37.3 Å². The lowest BCUT2D eigenvalue weighted by Crippen LogP contribution is -2.67. The molecule has 0 bridgehead atoms. The number of hydrogen-bond acceptors (Lipinski definition) is 5. The Hall–Kier alpha value is -1.50. The van der Waals surface area contributed by atoms with Crippen LogP contribution in [0.4, 0.5) is 0 Å². The van der Waals surface area contributed by atoms with Gasteiger partial charge in [-0.1, -0.05) is 24.3 Å². The number of aromatic nitrogens is 1. The van der Waals surface area contributed by atoms with Gasteiger partial charge >= 0.3 is 0 Å². The first kappa shape index (κ1) is 16.9. The fraction of sp³-hybridized carbons (Fsp3) is 0.526. The van der Waals surface area contributed by atoms with Crippen molar-refractivity contribution in [2.24, 2.45) is 5.92 Å². The van der Waals surface area contributed by atoms with E-state index in [4.69, 9.17) is 9.72 Å². The van der Waals surface area contributed by atoms with Crippen molar-refractivity contribution in [3.05, 3.63) is 42.1 Å². The maximum Gasteiger partial charge on any atom is 0.158 e. The van der Waals surface area contributed by atoms with Gasteiger partial charge in [0.1, 0.15) is 4.75 Å². The summed E-state index contributed by atoms with van der Waals surface area (Å²) in [4.78, 5) is 6.89. The lowest BCUT2D eigenvalue weighted by atomic mass is 9.83. The topological polar surface area (TPSA) is 59.5 Å². The van der Waals surface area contributed by atoms with Gasteiger partial charge in [0.25, 0.3) is 0 Å². The van der Waals surface area contributed by atoms with Crippen molar-refractivity contribution in [2.75, 3.05) is 32.1 Å². The number of rotatable bonds is 5. The lowest BCUT2D eigenvalue weighted by molar-refractivity contribution is 0.0287. The molecule has 1 aromatic carbocycles. The number of ether oxygens (including phenoxy) is 1. The molecule has 1 spiro atoms. The Labute approximate surface area is 148 Å². The molecule has 0 unspecified atom stereocenters. The molecule has 134 valence electrons. The Morgan fingerprint density at radius 3 is 2.84 bits per heavy atom. The highest BCUT2D eigenvalue weighted by Gasteiger charge is 2.61. The zero-order valence-corrected chi connectivity index (χ0v) is 15.3. The second-order valence-corrected chi connectivity index (χ2v) is 9.62. The molecule has 2 fully saturated rings. The van der Waals surface area contributed by atoms with Crippen LogP contribution < -0.4 is 0 Å². The molecule has 5 nitrogen and oxygen atoms in total. The zero-order chi connectivity index (χ0) is 17.5. The molecule has 1 atom stereocenters. The monoisotopic (exact) mass is 360 g/mol. The van der Waals surface area contributed by atoms with Crippen molar-refractivity contribution in [2.45, 2.75) is 24.6 Å². The summed E-state index contributed by atoms with van der Waals surface area (Å²) in [6, 6.07) is 12.2. The summed E-state index contributed by atoms with van der Waals surface area (Å²) in [7, 11) is -3.03. The van der Waals surface area contributed by atoms with Crippen LogP contribution in [0.25, 0.3) is 10.9 Å². The predicted molar refractivity (Wildman–Crippen MR) is 98.1 cm³/mol. The van der Waals surface area contributed by atoms with Gasteiger partial charge in [0, 0.05) is 37.5 Å². The van der Waals surface area contributed by atoms with E-state index in [9.17, 15) is 8.42 Å². The van der Waals surface area contributed by atoms with E-state index in [1.54, 1.807) is 0 Å². The van der Waals surface area contributed by atoms with Crippen LogP contribution in [-0.4, -0.2) is 55.1 Å². The summed E-state index contributed by atoms with van der Waals surface area (Å²) in [5, 5.41) is 1.13. The summed E-state index contributed by atoms with van der Waals surface area (Å²) < 4.78 is 30.2. The highest BCUT2D eigenvalue weighted by molar-refractivity contribution is 7.93. The number of fused-ring (bicyclic) bond motifs is 1. The normalized spacial score (nSPS) is 24.6. The van der Waals surface area contributed by atoms with Crippen LogP contribution in [0.2, 0.25) is 0 Å². The predicted octanol–water partition coefficient (Wildman–Crippen LogP) is 2.26. The van der Waals surface area contributed by atoms with E-state index in [0.717, 1.165) is 23.0 Å². The number of pyridine rings is 1. The molecule has 0 aliphatic carbocycles. The molecule has 4 rings (SSSR count). The van der Waals surface area contributed by atoms with Crippen molar-refractivity contribution in [3.63, 3.8) is 0 Å². The molecule has 2 saturated heterocycles. The smallest absolute Gasteiger partial charge is 0.158 e. The summed E-state index contributed by atoms with van der Waals surface area (Å²) in [6.45, 7) is 5.04. The molecule has 25 heavy (non-hydrogen) atoms. The van der Waals surface area contributed by atoms with Crippen LogP contribution in [0.3, 0.4) is 0 Å². The van der Waals surface area contributed by atoms with E-state index < -0.39 is 14.6 Å². The molecule has 1 aromatic heterocycles. The van der Waals surface area contributed by atoms with Crippen LogP contribution in [0.5, 0.6) is 0 Å². The number of nitrogens with zero attached hydrogens (tertiary/aromatic N) is 2. The van der Waals surface area contributed by atoms with Gasteiger partial charge in [-0.15, -0.1) is 0 Å². The van der Waals surface area contributed by atoms with Gasteiger partial charge in [0.2, 0.25) is 0 Å². The lowest BCUT2D eigenvalue weighted by Gasteiger charge is -2.49. The Morgan fingerprint density at radius 2 is 2.04 bits per heavy atom. The van der Waals surface area contributed by atoms with E-state index in [-0.39, 0.29) is 5.92 Å². The van der Waals surface area contributed by atoms with Crippen LogP contribution in [0.15, 0.2) is 36.4 Å². The van der Waals surface area contributed by atoms with Gasteiger partial charge < -0.3 is 4.74 Å². The summed E-state index contributed by atoms with van der Waals surface area (Å²) in [6.07, 6.45) is 0.727. The molecule has 6 heteroatoms. The SMILES string of the molecule is CCOC[C@@H]1CCS(=O)(=O)C12CN(Cc1ccc3ccccc3n1)C2. The first-order chi connectivity index (χ1) is 12.0. The minimum Gasteiger partial charge on any atom is -0.381 e. The Balaban J connectivity index is 1.47. The molecule has 3 heterocycles. The van der Waals surface area contributed by atoms with Crippen molar-refractivity contribution in [1.82, 2.24) is 9.88 Å². The van der Waals surface area contributed by atoms with Crippen molar-refractivity contribution in [1.29, 1.82) is 0 Å². The van der Waals surface area contributed by atoms with Gasteiger partial charge in [0.15, 0.2) is 9.84 Å². The number of likely N-dealkylation sites (tertiary alicyclic amines) is 1. The first-order valence-corrected chi connectivity index (χ1v) is 10.6. The largest absolute Gasteiger partial charge is 0.381 e. The fourth-order valence-corrected chi connectivity index (χ4v) is 6.67. The Bertz CT molecular complexity index is 875. The van der Waals surface area contributed by atoms with Crippen LogP contribution in [-0.2, 0) is 21.1 Å². The van der Waals surface area contributed by atoms with Gasteiger partial charge in [-0.3, -0.25) is 9.88 Å². The Kier molecular flexibility index (Phi) is 4.30. The van der Waals surface area contributed by atoms with Crippen LogP contribution in [0, 0.1) is 5.92 Å². The summed E-state index contributed by atoms with van der Waals surface area (Å²) in [5.41, 5.74) is 1.98. The van der Waals surface area contributed by atoms with E-state index >= 15 is 0 Å². The maximum atomic E-state index is 12.6. The molecule has 0 radical (unpaired) electrons. The molecule has 0 amide bonds. The molecule has 2 aliphatic heterocycles. The molecular weight excluding hydrogens is 336 g/mol. The number of sulfone groups is 1. The van der Waals surface area contributed by atoms with Crippen LogP contribution in [0.1, 0.15) is 19.0 Å². The number of benzene rings is 1. The zero-order valence-electron chi connectivity index (χ0n) is 14.5. The van der Waals surface area contributed by atoms with Gasteiger partial charge in [-0.25, -0.2) is 8.42 Å². The first-order valence-electron chi connectivity index (χ1n) is 8.91. The van der Waals surface area contributed by atoms with E-state index in [2.05, 4.69) is 11.0 Å². The van der Waals surface area contributed by atoms with E-state index in [0.29, 0.717) is 38.6 Å². The van der Waals surface area contributed by atoms with Gasteiger partial charge in [-0.05, 0) is 25.5 Å². The van der Waals surface area contributed by atoms with Gasteiger partial charge in [-0.2, -0.15) is 0 Å². The fourth-order valence-electron chi connectivity index (χ4n) is 4.22. The molecule has 2 aliphatic rings. The van der Waals surface area contributed by atoms with Crippen molar-refractivity contribution in [3.8, 4) is 0 Å². The Morgan fingerprint density at radius 1 is 1.24 bits per heavy atom. The minimum atomic E-state index is -3.03. The average molecular weight is 360 g/mol. The van der Waals surface area contributed by atoms with Gasteiger partial charge in [0.05, 0.1) is 23.6 Å². The van der Waals surface area contributed by atoms with E-state index in [1.165, 1.54) is 0 Å². The second-order valence-electron chi connectivity index (χ2n) is 7.17.